The van der Waals surface area contributed by atoms with Crippen LogP contribution in [0.25, 0.3) is 0 Å². The zero-order valence-electron chi connectivity index (χ0n) is 22.5. The van der Waals surface area contributed by atoms with Crippen molar-refractivity contribution in [2.45, 2.75) is 45.6 Å². The molecule has 0 aromatic heterocycles. The van der Waals surface area contributed by atoms with Crippen molar-refractivity contribution in [2.75, 3.05) is 19.6 Å². The molecular weight excluding hydrogens is 477 g/mol. The van der Waals surface area contributed by atoms with Gasteiger partial charge in [0.1, 0.15) is 17.5 Å². The Hall–Kier alpha value is -3.52. The number of hydrogen-bond donors (Lipinski definition) is 4. The summed E-state index contributed by atoms with van der Waals surface area (Å²) in [6, 6.07) is 0.264. The Labute approximate surface area is 225 Å². The van der Waals surface area contributed by atoms with Gasteiger partial charge in [-0.2, -0.15) is 0 Å². The molecule has 8 heteroatoms. The topological polar surface area (TPSA) is 99.2 Å². The van der Waals surface area contributed by atoms with Gasteiger partial charge in [0.05, 0.1) is 18.4 Å². The Bertz CT molecular complexity index is 1170. The summed E-state index contributed by atoms with van der Waals surface area (Å²) in [6.07, 6.45) is 18.6. The summed E-state index contributed by atoms with van der Waals surface area (Å²) in [4.78, 5) is 14.0. The summed E-state index contributed by atoms with van der Waals surface area (Å²) < 4.78 is 12.9. The minimum atomic E-state index is -0.528. The lowest BCUT2D eigenvalue weighted by Crippen LogP contribution is -2.54. The molecule has 4 aliphatic rings. The summed E-state index contributed by atoms with van der Waals surface area (Å²) >= 11 is 0. The van der Waals surface area contributed by atoms with Gasteiger partial charge in [0, 0.05) is 42.2 Å². The van der Waals surface area contributed by atoms with E-state index in [0.29, 0.717) is 36.1 Å². The number of allylic oxidation sites excluding steroid dienone is 6. The largest absolute Gasteiger partial charge is 0.397 e. The number of aliphatic imine (C=N–C) groups is 3. The summed E-state index contributed by atoms with van der Waals surface area (Å²) in [5.41, 5.74) is 9.80. The number of hydrogen-bond acceptors (Lipinski definition) is 6. The minimum Gasteiger partial charge on any atom is -0.397 e. The van der Waals surface area contributed by atoms with Gasteiger partial charge in [0.25, 0.3) is 0 Å². The van der Waals surface area contributed by atoms with Crippen molar-refractivity contribution in [1.82, 2.24) is 16.0 Å². The highest BCUT2D eigenvalue weighted by atomic mass is 19.1. The fourth-order valence-electron chi connectivity index (χ4n) is 4.74. The second-order valence-electron chi connectivity index (χ2n) is 11.0. The van der Waals surface area contributed by atoms with Crippen molar-refractivity contribution in [3.8, 4) is 0 Å². The molecule has 0 radical (unpaired) electrons. The second-order valence-corrected chi connectivity index (χ2v) is 11.0. The summed E-state index contributed by atoms with van der Waals surface area (Å²) in [6.45, 7) is 14.1. The Kier molecular flexibility index (Phi) is 8.94. The van der Waals surface area contributed by atoms with E-state index in [1.54, 1.807) is 12.4 Å². The Morgan fingerprint density at radius 3 is 2.84 bits per heavy atom. The number of nitrogens with one attached hydrogen (secondary N) is 3. The van der Waals surface area contributed by atoms with Gasteiger partial charge in [-0.15, -0.1) is 0 Å². The molecule has 2 atom stereocenters. The molecule has 0 spiro atoms. The number of piperidine rings is 1. The first-order valence-corrected chi connectivity index (χ1v) is 13.3. The van der Waals surface area contributed by atoms with Crippen molar-refractivity contribution >= 4 is 18.3 Å². The summed E-state index contributed by atoms with van der Waals surface area (Å²) in [5, 5.41) is 10.4. The lowest BCUT2D eigenvalue weighted by molar-refractivity contribution is 0.204. The lowest BCUT2D eigenvalue weighted by atomic mass is 9.80. The van der Waals surface area contributed by atoms with E-state index < -0.39 is 5.83 Å². The van der Waals surface area contributed by atoms with Crippen LogP contribution in [0.5, 0.6) is 0 Å². The second kappa shape index (κ2) is 12.3. The molecule has 7 nitrogen and oxygen atoms in total. The van der Waals surface area contributed by atoms with Gasteiger partial charge in [0.2, 0.25) is 0 Å². The number of amidine groups is 1. The molecule has 4 rings (SSSR count). The molecule has 0 amide bonds. The molecule has 1 aliphatic carbocycles. The average Bonchev–Trinajstić information content (AvgIpc) is 3.72. The fourth-order valence-corrected chi connectivity index (χ4v) is 4.74. The molecule has 3 aliphatic heterocycles. The number of rotatable bonds is 9. The third-order valence-electron chi connectivity index (χ3n) is 7.28. The monoisotopic (exact) mass is 517 g/mol. The highest BCUT2D eigenvalue weighted by molar-refractivity contribution is 6.03. The number of nitrogens with two attached hydrogens (primary N) is 1. The number of halogens is 1. The normalized spacial score (nSPS) is 25.5. The maximum atomic E-state index is 12.9. The third-order valence-corrected chi connectivity index (χ3v) is 7.28. The van der Waals surface area contributed by atoms with Gasteiger partial charge < -0.3 is 21.7 Å². The van der Waals surface area contributed by atoms with Crippen LogP contribution in [0.3, 0.4) is 0 Å². The van der Waals surface area contributed by atoms with Crippen molar-refractivity contribution in [2.24, 2.45) is 38.0 Å². The van der Waals surface area contributed by atoms with Crippen LogP contribution in [0.4, 0.5) is 4.39 Å². The Morgan fingerprint density at radius 2 is 2.11 bits per heavy atom. The van der Waals surface area contributed by atoms with E-state index in [0.717, 1.165) is 36.5 Å². The van der Waals surface area contributed by atoms with Crippen LogP contribution in [-0.2, 0) is 0 Å². The standard InChI is InChI=1S/C30H40FN7/c1-20(31)5-6-21(2)37-28-10-7-22(11-14-35-28)16-36-29(38-27-12-13-33-19-30(27,3)4)25-15-24(23-8-9-23)17-34-18-26(25)32/h5-6,10-11,14-15,17-18,23-24,27,33,37H,1-2,7-9,12-13,16,19,32H2,3-4H3,(H,36,38)/b6-5-. The van der Waals surface area contributed by atoms with Crippen molar-refractivity contribution < 1.29 is 4.39 Å². The van der Waals surface area contributed by atoms with E-state index in [-0.39, 0.29) is 17.4 Å². The van der Waals surface area contributed by atoms with Crippen LogP contribution >= 0.6 is 0 Å². The summed E-state index contributed by atoms with van der Waals surface area (Å²) in [7, 11) is 0. The SMILES string of the molecule is C=C(F)/C=C\C(=C)NC1=CCC(CN=C(NC2CCNCC2(C)C)C2=CC(C3CC3)C=NC=C2N)=CC=N1. The van der Waals surface area contributed by atoms with E-state index in [1.807, 2.05) is 18.4 Å². The van der Waals surface area contributed by atoms with Crippen molar-refractivity contribution in [1.29, 1.82) is 0 Å². The van der Waals surface area contributed by atoms with Crippen LogP contribution in [0, 0.1) is 17.3 Å². The Balaban J connectivity index is 1.53. The number of nitrogens with zero attached hydrogens (tertiary/aromatic N) is 3. The predicted molar refractivity (Wildman–Crippen MR) is 156 cm³/mol. The maximum Gasteiger partial charge on any atom is 0.130 e. The van der Waals surface area contributed by atoms with Crippen LogP contribution in [0.1, 0.15) is 39.5 Å². The van der Waals surface area contributed by atoms with Gasteiger partial charge in [0.15, 0.2) is 0 Å². The molecule has 5 N–H and O–H groups in total. The first-order valence-electron chi connectivity index (χ1n) is 13.3. The van der Waals surface area contributed by atoms with Gasteiger partial charge in [-0.25, -0.2) is 9.38 Å². The van der Waals surface area contributed by atoms with Gasteiger partial charge in [-0.05, 0) is 73.4 Å². The zero-order valence-corrected chi connectivity index (χ0v) is 22.5. The van der Waals surface area contributed by atoms with E-state index in [4.69, 9.17) is 10.7 Å². The maximum absolute atomic E-state index is 12.9. The molecule has 1 saturated heterocycles. The van der Waals surface area contributed by atoms with Crippen LogP contribution < -0.4 is 21.7 Å². The molecule has 0 aromatic rings. The molecule has 202 valence electrons. The van der Waals surface area contributed by atoms with E-state index in [9.17, 15) is 4.39 Å². The smallest absolute Gasteiger partial charge is 0.130 e. The molecule has 1 saturated carbocycles. The average molecular weight is 518 g/mol. The van der Waals surface area contributed by atoms with Crippen molar-refractivity contribution in [3.05, 3.63) is 83.9 Å². The highest BCUT2D eigenvalue weighted by Crippen LogP contribution is 2.38. The van der Waals surface area contributed by atoms with Gasteiger partial charge >= 0.3 is 0 Å². The minimum absolute atomic E-state index is 0.0675. The van der Waals surface area contributed by atoms with Crippen LogP contribution in [0.2, 0.25) is 0 Å². The lowest BCUT2D eigenvalue weighted by Gasteiger charge is -2.40. The third kappa shape index (κ3) is 7.74. The Morgan fingerprint density at radius 1 is 1.29 bits per heavy atom. The van der Waals surface area contributed by atoms with Crippen LogP contribution in [0.15, 0.2) is 98.9 Å². The molecule has 2 fully saturated rings. The molecule has 38 heavy (non-hydrogen) atoms. The predicted octanol–water partition coefficient (Wildman–Crippen LogP) is 4.58. The highest BCUT2D eigenvalue weighted by Gasteiger charge is 2.34. The molecule has 0 aromatic carbocycles. The molecule has 0 bridgehead atoms. The van der Waals surface area contributed by atoms with E-state index >= 15 is 0 Å². The molecular formula is C30H40FN7. The van der Waals surface area contributed by atoms with E-state index in [1.165, 1.54) is 25.0 Å². The quantitative estimate of drug-likeness (QED) is 0.204. The molecule has 3 heterocycles. The first kappa shape index (κ1) is 27.5. The van der Waals surface area contributed by atoms with Gasteiger partial charge in [-0.1, -0.05) is 33.1 Å². The van der Waals surface area contributed by atoms with Gasteiger partial charge in [-0.3, -0.25) is 9.98 Å². The first-order chi connectivity index (χ1) is 18.2. The fraction of sp³-hybridized carbons (Fsp3) is 0.433. The zero-order chi connectivity index (χ0) is 27.1. The molecule has 2 unspecified atom stereocenters. The summed E-state index contributed by atoms with van der Waals surface area (Å²) in [5.74, 6) is 1.85. The van der Waals surface area contributed by atoms with Crippen LogP contribution in [-0.4, -0.2) is 43.9 Å². The van der Waals surface area contributed by atoms with E-state index in [2.05, 4.69) is 59.0 Å². The van der Waals surface area contributed by atoms with Crippen molar-refractivity contribution in [3.63, 3.8) is 0 Å².